The van der Waals surface area contributed by atoms with Gasteiger partial charge < -0.3 is 5.32 Å². The van der Waals surface area contributed by atoms with Crippen molar-refractivity contribution < 1.29 is 13.2 Å². The number of carbonyl (C=O) groups excluding carboxylic acids is 1. The van der Waals surface area contributed by atoms with Crippen LogP contribution in [0.4, 0.5) is 5.82 Å². The van der Waals surface area contributed by atoms with Crippen LogP contribution in [0.15, 0.2) is 15.9 Å². The molecule has 0 aromatic carbocycles. The fourth-order valence-corrected chi connectivity index (χ4v) is 6.79. The normalized spacial score (nSPS) is 25.5. The van der Waals surface area contributed by atoms with Crippen molar-refractivity contribution in [3.05, 3.63) is 32.1 Å². The number of thiophene rings is 1. The lowest BCUT2D eigenvalue weighted by atomic mass is 9.90. The molecule has 1 N–H and O–H groups in total. The number of anilines is 1. The van der Waals surface area contributed by atoms with Gasteiger partial charge in [0.1, 0.15) is 5.82 Å². The standard InChI is InChI=1S/C15H16BrN3O3S2/c1-8-14-10(11-2-3-12(16)23-11)6-13(20)17-15(14)19(18-8)9-4-5-24(21,22)7-9/h2-3,9-10H,4-7H2,1H3,(H,17,20)/t9-,10-/m0/s1. The van der Waals surface area contributed by atoms with Crippen molar-refractivity contribution in [1.82, 2.24) is 9.78 Å². The molecule has 2 aromatic heterocycles. The van der Waals surface area contributed by atoms with Crippen LogP contribution in [0.1, 0.15) is 40.9 Å². The largest absolute Gasteiger partial charge is 0.311 e. The van der Waals surface area contributed by atoms with E-state index in [0.717, 1.165) is 19.9 Å². The van der Waals surface area contributed by atoms with Crippen molar-refractivity contribution in [1.29, 1.82) is 0 Å². The minimum Gasteiger partial charge on any atom is -0.311 e. The summed E-state index contributed by atoms with van der Waals surface area (Å²) in [5.41, 5.74) is 1.86. The lowest BCUT2D eigenvalue weighted by molar-refractivity contribution is -0.116. The van der Waals surface area contributed by atoms with E-state index in [1.807, 2.05) is 19.1 Å². The SMILES string of the molecule is Cc1nn([C@H]2CCS(=O)(=O)C2)c2c1[C@H](c1ccc(Br)s1)CC(=O)N2. The number of aryl methyl sites for hydroxylation is 1. The van der Waals surface area contributed by atoms with E-state index >= 15 is 0 Å². The summed E-state index contributed by atoms with van der Waals surface area (Å²) in [6, 6.07) is 3.81. The number of amides is 1. The Labute approximate surface area is 152 Å². The number of aromatic nitrogens is 2. The highest BCUT2D eigenvalue weighted by Gasteiger charge is 2.37. The number of halogens is 1. The van der Waals surface area contributed by atoms with E-state index < -0.39 is 9.84 Å². The molecular weight excluding hydrogens is 414 g/mol. The summed E-state index contributed by atoms with van der Waals surface area (Å²) in [7, 11) is -3.01. The van der Waals surface area contributed by atoms with Gasteiger partial charge >= 0.3 is 0 Å². The number of hydrogen-bond donors (Lipinski definition) is 1. The molecule has 0 bridgehead atoms. The molecule has 0 unspecified atom stereocenters. The summed E-state index contributed by atoms with van der Waals surface area (Å²) in [5.74, 6) is 0.850. The molecule has 0 aliphatic carbocycles. The van der Waals surface area contributed by atoms with Crippen molar-refractivity contribution in [3.8, 4) is 0 Å². The van der Waals surface area contributed by atoms with Gasteiger partial charge in [-0.3, -0.25) is 4.79 Å². The Bertz CT molecular complexity index is 932. The van der Waals surface area contributed by atoms with Crippen LogP contribution in [0.25, 0.3) is 0 Å². The molecule has 1 amide bonds. The lowest BCUT2D eigenvalue weighted by Crippen LogP contribution is -2.26. The molecule has 9 heteroatoms. The molecule has 4 heterocycles. The van der Waals surface area contributed by atoms with Gasteiger partial charge in [0.05, 0.1) is 27.0 Å². The Morgan fingerprint density at radius 3 is 2.83 bits per heavy atom. The van der Waals surface area contributed by atoms with E-state index in [0.29, 0.717) is 18.7 Å². The molecule has 1 fully saturated rings. The smallest absolute Gasteiger partial charge is 0.226 e. The number of nitrogens with zero attached hydrogens (tertiary/aromatic N) is 2. The lowest BCUT2D eigenvalue weighted by Gasteiger charge is -2.24. The van der Waals surface area contributed by atoms with Gasteiger partial charge in [0.2, 0.25) is 5.91 Å². The highest BCUT2D eigenvalue weighted by molar-refractivity contribution is 9.11. The minimum absolute atomic E-state index is 0.0307. The maximum atomic E-state index is 12.2. The second-order valence-electron chi connectivity index (χ2n) is 6.30. The molecule has 2 aliphatic rings. The molecule has 0 radical (unpaired) electrons. The number of fused-ring (bicyclic) bond motifs is 1. The van der Waals surface area contributed by atoms with Crippen molar-refractivity contribution in [3.63, 3.8) is 0 Å². The summed E-state index contributed by atoms with van der Waals surface area (Å²) < 4.78 is 26.4. The predicted octanol–water partition coefficient (Wildman–Crippen LogP) is 2.85. The first-order valence-corrected chi connectivity index (χ1v) is 11.1. The van der Waals surface area contributed by atoms with Crippen LogP contribution in [0.2, 0.25) is 0 Å². The average molecular weight is 430 g/mol. The molecule has 4 rings (SSSR count). The summed E-state index contributed by atoms with van der Waals surface area (Å²) in [6.45, 7) is 1.92. The molecule has 24 heavy (non-hydrogen) atoms. The maximum absolute atomic E-state index is 12.2. The molecule has 2 aliphatic heterocycles. The second-order valence-corrected chi connectivity index (χ2v) is 11.0. The Morgan fingerprint density at radius 2 is 2.21 bits per heavy atom. The highest BCUT2D eigenvalue weighted by atomic mass is 79.9. The molecule has 2 atom stereocenters. The fourth-order valence-electron chi connectivity index (χ4n) is 3.56. The third-order valence-corrected chi connectivity index (χ3v) is 8.11. The van der Waals surface area contributed by atoms with E-state index in [2.05, 4.69) is 26.3 Å². The molecule has 1 saturated heterocycles. The average Bonchev–Trinajstić information content (AvgIpc) is 3.17. The minimum atomic E-state index is -3.01. The molecule has 6 nitrogen and oxygen atoms in total. The summed E-state index contributed by atoms with van der Waals surface area (Å²) >= 11 is 5.09. The second kappa shape index (κ2) is 5.67. The van der Waals surface area contributed by atoms with Gasteiger partial charge in [-0.25, -0.2) is 13.1 Å². The Morgan fingerprint density at radius 1 is 1.42 bits per heavy atom. The topological polar surface area (TPSA) is 81.1 Å². The zero-order chi connectivity index (χ0) is 17.1. The van der Waals surface area contributed by atoms with Crippen LogP contribution in [-0.2, 0) is 14.6 Å². The van der Waals surface area contributed by atoms with Crippen molar-refractivity contribution >= 4 is 48.8 Å². The highest BCUT2D eigenvalue weighted by Crippen LogP contribution is 2.43. The number of carbonyl (C=O) groups is 1. The van der Waals surface area contributed by atoms with Crippen LogP contribution in [0.3, 0.4) is 0 Å². The first-order valence-electron chi connectivity index (χ1n) is 7.68. The molecule has 0 saturated carbocycles. The van der Waals surface area contributed by atoms with Gasteiger partial charge in [0.25, 0.3) is 0 Å². The van der Waals surface area contributed by atoms with E-state index in [4.69, 9.17) is 0 Å². The van der Waals surface area contributed by atoms with Gasteiger partial charge in [-0.2, -0.15) is 5.10 Å². The number of rotatable bonds is 2. The van der Waals surface area contributed by atoms with Crippen LogP contribution in [0.5, 0.6) is 0 Å². The molecule has 128 valence electrons. The van der Waals surface area contributed by atoms with Crippen LogP contribution in [0, 0.1) is 6.92 Å². The summed E-state index contributed by atoms with van der Waals surface area (Å²) in [6.07, 6.45) is 0.927. The molecule has 0 spiro atoms. The van der Waals surface area contributed by atoms with Crippen molar-refractivity contribution in [2.45, 2.75) is 31.7 Å². The third-order valence-electron chi connectivity index (χ3n) is 4.62. The number of hydrogen-bond acceptors (Lipinski definition) is 5. The van der Waals surface area contributed by atoms with Crippen LogP contribution >= 0.6 is 27.3 Å². The van der Waals surface area contributed by atoms with E-state index in [1.54, 1.807) is 16.0 Å². The predicted molar refractivity (Wildman–Crippen MR) is 96.4 cm³/mol. The summed E-state index contributed by atoms with van der Waals surface area (Å²) in [5, 5.41) is 7.51. The van der Waals surface area contributed by atoms with Gasteiger partial charge in [0, 0.05) is 22.8 Å². The number of sulfone groups is 1. The Hall–Kier alpha value is -1.19. The fraction of sp³-hybridized carbons (Fsp3) is 0.467. The van der Waals surface area contributed by atoms with Gasteiger partial charge in [0.15, 0.2) is 9.84 Å². The van der Waals surface area contributed by atoms with E-state index in [9.17, 15) is 13.2 Å². The Balaban J connectivity index is 1.80. The zero-order valence-corrected chi connectivity index (χ0v) is 16.2. The van der Waals surface area contributed by atoms with Crippen molar-refractivity contribution in [2.24, 2.45) is 0 Å². The maximum Gasteiger partial charge on any atom is 0.226 e. The first kappa shape index (κ1) is 16.3. The number of nitrogens with one attached hydrogen (secondary N) is 1. The van der Waals surface area contributed by atoms with Gasteiger partial charge in [-0.15, -0.1) is 11.3 Å². The van der Waals surface area contributed by atoms with Gasteiger partial charge in [-0.05, 0) is 41.4 Å². The monoisotopic (exact) mass is 429 g/mol. The van der Waals surface area contributed by atoms with Crippen molar-refractivity contribution in [2.75, 3.05) is 16.8 Å². The zero-order valence-electron chi connectivity index (χ0n) is 13.0. The van der Waals surface area contributed by atoms with Crippen LogP contribution < -0.4 is 5.32 Å². The first-order chi connectivity index (χ1) is 11.3. The summed E-state index contributed by atoms with van der Waals surface area (Å²) in [4.78, 5) is 13.4. The molecule has 2 aromatic rings. The van der Waals surface area contributed by atoms with Gasteiger partial charge in [-0.1, -0.05) is 0 Å². The van der Waals surface area contributed by atoms with E-state index in [-0.39, 0.29) is 29.4 Å². The van der Waals surface area contributed by atoms with E-state index in [1.165, 1.54) is 0 Å². The molecular formula is C15H16BrN3O3S2. The van der Waals surface area contributed by atoms with Crippen LogP contribution in [-0.4, -0.2) is 35.6 Å². The Kier molecular flexibility index (Phi) is 3.85. The quantitative estimate of drug-likeness (QED) is 0.795. The third kappa shape index (κ3) is 2.72.